The van der Waals surface area contributed by atoms with Crippen molar-refractivity contribution >= 4 is 39.3 Å². The summed E-state index contributed by atoms with van der Waals surface area (Å²) in [5.74, 6) is 2.33. The van der Waals surface area contributed by atoms with E-state index in [1.807, 2.05) is 0 Å². The molecule has 0 bridgehead atoms. The zero-order valence-electron chi connectivity index (χ0n) is 15.3. The van der Waals surface area contributed by atoms with Gasteiger partial charge in [0.1, 0.15) is 5.75 Å². The maximum Gasteiger partial charge on any atom is 0.128 e. The third kappa shape index (κ3) is 1.81. The van der Waals surface area contributed by atoms with Crippen LogP contribution in [0.1, 0.15) is 6.42 Å². The summed E-state index contributed by atoms with van der Waals surface area (Å²) in [4.78, 5) is 0. The predicted molar refractivity (Wildman–Crippen MR) is 110 cm³/mol. The molecule has 132 valence electrons. The number of ether oxygens (including phenoxy) is 2. The van der Waals surface area contributed by atoms with Gasteiger partial charge in [-0.3, -0.25) is 0 Å². The zero-order valence-corrected chi connectivity index (χ0v) is 15.3. The summed E-state index contributed by atoms with van der Waals surface area (Å²) in [5, 5.41) is 6.32. The maximum atomic E-state index is 5.72. The lowest BCUT2D eigenvalue weighted by atomic mass is 9.86. The molecule has 2 aromatic carbocycles. The topological polar surface area (TPSA) is 22.9 Å². The van der Waals surface area contributed by atoms with Crippen molar-refractivity contribution in [2.45, 2.75) is 6.42 Å². The van der Waals surface area contributed by atoms with Gasteiger partial charge in [-0.15, -0.1) is 0 Å². The van der Waals surface area contributed by atoms with Gasteiger partial charge in [0, 0.05) is 28.3 Å². The van der Waals surface area contributed by atoms with Gasteiger partial charge in [0.25, 0.3) is 0 Å². The third-order valence-electron chi connectivity index (χ3n) is 6.05. The molecule has 0 fully saturated rings. The lowest BCUT2D eigenvalue weighted by Crippen LogP contribution is -2.31. The van der Waals surface area contributed by atoms with Crippen LogP contribution in [0.5, 0.6) is 5.75 Å². The zero-order chi connectivity index (χ0) is 18.1. The predicted octanol–water partition coefficient (Wildman–Crippen LogP) is 3.74. The van der Waals surface area contributed by atoms with Gasteiger partial charge in [-0.05, 0) is 35.9 Å². The fourth-order valence-electron chi connectivity index (χ4n) is 4.81. The van der Waals surface area contributed by atoms with Gasteiger partial charge in [0.15, 0.2) is 0 Å². The van der Waals surface area contributed by atoms with Gasteiger partial charge in [-0.1, -0.05) is 30.4 Å². The van der Waals surface area contributed by atoms with Gasteiger partial charge >= 0.3 is 0 Å². The first-order valence-electron chi connectivity index (χ1n) is 9.29. The number of fused-ring (bicyclic) bond motifs is 7. The molecule has 2 aromatic heterocycles. The monoisotopic (exact) mass is 353 g/mol. The van der Waals surface area contributed by atoms with Crippen LogP contribution in [0.2, 0.25) is 0 Å². The highest BCUT2D eigenvalue weighted by Gasteiger charge is 2.24. The van der Waals surface area contributed by atoms with Crippen LogP contribution in [0.15, 0.2) is 59.9 Å². The highest BCUT2D eigenvalue weighted by atomic mass is 16.5. The number of hydrogen-bond acceptors (Lipinski definition) is 2. The lowest BCUT2D eigenvalue weighted by Gasteiger charge is -2.21. The van der Waals surface area contributed by atoms with Crippen LogP contribution in [0.25, 0.3) is 39.3 Å². The second-order valence-corrected chi connectivity index (χ2v) is 7.32. The van der Waals surface area contributed by atoms with Crippen molar-refractivity contribution in [1.29, 1.82) is 0 Å². The van der Waals surface area contributed by atoms with Crippen LogP contribution < -0.4 is 15.3 Å². The van der Waals surface area contributed by atoms with Crippen molar-refractivity contribution in [3.8, 4) is 5.75 Å². The Labute approximate surface area is 156 Å². The lowest BCUT2D eigenvalue weighted by molar-refractivity contribution is 0.270. The van der Waals surface area contributed by atoms with E-state index in [4.69, 9.17) is 9.47 Å². The quantitative estimate of drug-likeness (QED) is 0.548. The number of para-hydroxylation sites is 1. The molecule has 2 heterocycles. The van der Waals surface area contributed by atoms with Gasteiger partial charge in [0.05, 0.1) is 41.7 Å². The van der Waals surface area contributed by atoms with Crippen LogP contribution in [0.4, 0.5) is 0 Å². The molecule has 0 N–H and O–H groups in total. The summed E-state index contributed by atoms with van der Waals surface area (Å²) >= 11 is 0. The van der Waals surface area contributed by atoms with Crippen molar-refractivity contribution < 1.29 is 9.47 Å². The van der Waals surface area contributed by atoms with Crippen molar-refractivity contribution in [2.75, 3.05) is 14.2 Å². The second-order valence-electron chi connectivity index (χ2n) is 7.32. The first-order chi connectivity index (χ1) is 13.3. The largest absolute Gasteiger partial charge is 0.501 e. The maximum absolute atomic E-state index is 5.72. The summed E-state index contributed by atoms with van der Waals surface area (Å²) in [6.45, 7) is 0. The van der Waals surface area contributed by atoms with E-state index in [0.29, 0.717) is 5.92 Å². The molecule has 0 spiro atoms. The summed E-state index contributed by atoms with van der Waals surface area (Å²) in [6, 6.07) is 12.9. The summed E-state index contributed by atoms with van der Waals surface area (Å²) in [6.07, 6.45) is 9.96. The fraction of sp³-hybridized carbons (Fsp3) is 0.167. The molecule has 0 radical (unpaired) electrons. The Bertz CT molecular complexity index is 1420. The number of aromatic nitrogens is 1. The molecule has 1 atom stereocenters. The van der Waals surface area contributed by atoms with Crippen molar-refractivity contribution in [2.24, 2.45) is 5.92 Å². The molecule has 4 aromatic rings. The molecule has 0 aliphatic heterocycles. The van der Waals surface area contributed by atoms with Gasteiger partial charge in [-0.2, -0.15) is 0 Å². The van der Waals surface area contributed by atoms with Crippen molar-refractivity contribution in [3.05, 3.63) is 70.5 Å². The summed E-state index contributed by atoms with van der Waals surface area (Å²) in [5.41, 5.74) is 3.85. The Kier molecular flexibility index (Phi) is 2.85. The average Bonchev–Trinajstić information content (AvgIpc) is 3.23. The minimum atomic E-state index is 0.358. The fourth-order valence-corrected chi connectivity index (χ4v) is 4.81. The number of nitrogens with zero attached hydrogens (tertiary/aromatic N) is 1. The highest BCUT2D eigenvalue weighted by Crippen LogP contribution is 2.37. The molecule has 3 heteroatoms. The molecule has 27 heavy (non-hydrogen) atoms. The van der Waals surface area contributed by atoms with E-state index in [2.05, 4.69) is 65.1 Å². The number of allylic oxidation sites excluding steroid dienone is 4. The van der Waals surface area contributed by atoms with Crippen molar-refractivity contribution in [1.82, 2.24) is 4.40 Å². The number of hydrogen-bond donors (Lipinski definition) is 0. The molecule has 0 amide bonds. The molecule has 0 saturated heterocycles. The normalized spacial score (nSPS) is 18.5. The molecule has 6 rings (SSSR count). The first kappa shape index (κ1) is 14.9. The first-order valence-corrected chi connectivity index (χ1v) is 9.29. The van der Waals surface area contributed by atoms with E-state index in [0.717, 1.165) is 17.9 Å². The Balaban J connectivity index is 1.83. The number of benzene rings is 2. The Hall–Kier alpha value is -3.20. The minimum absolute atomic E-state index is 0.358. The molecule has 1 unspecified atom stereocenters. The SMILES string of the molecule is COC1=CC=C2C=c3c(n4c5ccccc5c5c(OC)ccc3c54)=CC2C1. The van der Waals surface area contributed by atoms with E-state index in [1.165, 1.54) is 43.3 Å². The van der Waals surface area contributed by atoms with Crippen LogP contribution in [0.3, 0.4) is 0 Å². The molecule has 0 saturated carbocycles. The van der Waals surface area contributed by atoms with Crippen LogP contribution in [-0.4, -0.2) is 18.6 Å². The van der Waals surface area contributed by atoms with Crippen LogP contribution in [0, 0.1) is 5.92 Å². The van der Waals surface area contributed by atoms with Crippen molar-refractivity contribution in [3.63, 3.8) is 0 Å². The Morgan fingerprint density at radius 2 is 1.85 bits per heavy atom. The van der Waals surface area contributed by atoms with Gasteiger partial charge in [-0.25, -0.2) is 0 Å². The minimum Gasteiger partial charge on any atom is -0.501 e. The Morgan fingerprint density at radius 1 is 0.963 bits per heavy atom. The highest BCUT2D eigenvalue weighted by molar-refractivity contribution is 6.17. The van der Waals surface area contributed by atoms with Gasteiger partial charge < -0.3 is 13.9 Å². The molecular weight excluding hydrogens is 334 g/mol. The van der Waals surface area contributed by atoms with E-state index in [1.54, 1.807) is 14.2 Å². The average molecular weight is 353 g/mol. The van der Waals surface area contributed by atoms with E-state index in [9.17, 15) is 0 Å². The van der Waals surface area contributed by atoms with Gasteiger partial charge in [0.2, 0.25) is 0 Å². The standard InChI is InChI=1S/C24H19NO2/c1-26-16-8-7-14-12-19-17-9-10-22(27-2)23-18-5-3-4-6-20(18)25(24(17)23)21(19)13-15(14)11-16/h3-10,12-13,15H,11H2,1-2H3. The van der Waals surface area contributed by atoms with Crippen LogP contribution >= 0.6 is 0 Å². The van der Waals surface area contributed by atoms with E-state index in [-0.39, 0.29) is 0 Å². The van der Waals surface area contributed by atoms with E-state index < -0.39 is 0 Å². The third-order valence-corrected chi connectivity index (χ3v) is 6.05. The number of methoxy groups -OCH3 is 2. The number of rotatable bonds is 2. The molecule has 2 aliphatic carbocycles. The molecule has 2 aliphatic rings. The van der Waals surface area contributed by atoms with E-state index >= 15 is 0 Å². The smallest absolute Gasteiger partial charge is 0.128 e. The summed E-state index contributed by atoms with van der Waals surface area (Å²) in [7, 11) is 3.50. The summed E-state index contributed by atoms with van der Waals surface area (Å²) < 4.78 is 13.6. The molecular formula is C24H19NO2. The molecule has 3 nitrogen and oxygen atoms in total. The Morgan fingerprint density at radius 3 is 2.70 bits per heavy atom. The second kappa shape index (κ2) is 5.17. The van der Waals surface area contributed by atoms with Crippen LogP contribution in [-0.2, 0) is 4.74 Å².